The van der Waals surface area contributed by atoms with E-state index in [0.29, 0.717) is 13.8 Å². The Morgan fingerprint density at radius 3 is 1.52 bits per heavy atom. The van der Waals surface area contributed by atoms with Crippen molar-refractivity contribution in [1.82, 2.24) is 0 Å². The third-order valence-corrected chi connectivity index (χ3v) is 12.0. The van der Waals surface area contributed by atoms with Gasteiger partial charge < -0.3 is 0 Å². The zero-order valence-electron chi connectivity index (χ0n) is 28.1. The maximum absolute atomic E-state index is 14.7. The van der Waals surface area contributed by atoms with Crippen LogP contribution in [0, 0.1) is 0 Å². The van der Waals surface area contributed by atoms with E-state index in [9.17, 15) is 92.0 Å². The van der Waals surface area contributed by atoms with Gasteiger partial charge in [0.1, 0.15) is 11.8 Å². The Morgan fingerprint density at radius 1 is 0.704 bits per heavy atom. The van der Waals surface area contributed by atoms with Gasteiger partial charge >= 0.3 is 12.4 Å². The molecule has 5 unspecified atom stereocenters. The maximum Gasteiger partial charge on any atom is 0.415 e. The highest BCUT2D eigenvalue weighted by Crippen LogP contribution is 2.43. The fourth-order valence-electron chi connectivity index (χ4n) is 3.98. The fraction of sp³-hybridized carbons (Fsp3) is 0.786. The Kier molecular flexibility index (Phi) is 18.0. The summed E-state index contributed by atoms with van der Waals surface area (Å²) in [6.07, 6.45) is -31.5. The highest BCUT2D eigenvalue weighted by molar-refractivity contribution is 8.64. The lowest BCUT2D eigenvalue weighted by Gasteiger charge is -2.28. The van der Waals surface area contributed by atoms with Crippen molar-refractivity contribution in [1.29, 1.82) is 0 Å². The van der Waals surface area contributed by atoms with Crippen molar-refractivity contribution in [3.05, 3.63) is 23.3 Å². The Morgan fingerprint density at radius 2 is 1.13 bits per heavy atom. The van der Waals surface area contributed by atoms with Crippen molar-refractivity contribution in [2.24, 2.45) is 9.98 Å². The number of hydrogen-bond donors (Lipinski definition) is 0. The van der Waals surface area contributed by atoms with Crippen LogP contribution in [0.1, 0.15) is 53.4 Å². The molecule has 0 aliphatic rings. The molecule has 0 rings (SSSR count). The molecule has 0 aliphatic carbocycles. The molecule has 54 heavy (non-hydrogen) atoms. The largest absolute Gasteiger partial charge is 0.415 e. The number of aliphatic imine (C=N–C) groups is 2. The molecule has 0 aromatic carbocycles. The van der Waals surface area contributed by atoms with E-state index in [0.717, 1.165) is 0 Å². The summed E-state index contributed by atoms with van der Waals surface area (Å²) in [5.41, 5.74) is -8.12. The summed E-state index contributed by atoms with van der Waals surface area (Å²) < 4.78 is 290. The van der Waals surface area contributed by atoms with Gasteiger partial charge in [-0.1, -0.05) is 13.8 Å². The quantitative estimate of drug-likeness (QED) is 0.0379. The highest BCUT2D eigenvalue weighted by atomic mass is 33.1. The van der Waals surface area contributed by atoms with Gasteiger partial charge in [0, 0.05) is 25.6 Å². The second-order valence-corrected chi connectivity index (χ2v) is 19.5. The van der Waals surface area contributed by atoms with Crippen LogP contribution >= 0.6 is 7.78 Å². The van der Waals surface area contributed by atoms with Crippen LogP contribution in [0.3, 0.4) is 0 Å². The van der Waals surface area contributed by atoms with E-state index < -0.39 is 155 Å². The van der Waals surface area contributed by atoms with Crippen LogP contribution in [0.25, 0.3) is 0 Å². The molecule has 0 aromatic heterocycles. The second kappa shape index (κ2) is 18.7. The summed E-state index contributed by atoms with van der Waals surface area (Å²) in [7, 11) is -5.24. The molecule has 0 aliphatic heterocycles. The van der Waals surface area contributed by atoms with Gasteiger partial charge in [0.2, 0.25) is 0 Å². The predicted octanol–water partition coefficient (Wildman–Crippen LogP) is 11.3. The lowest BCUT2D eigenvalue weighted by atomic mass is 9.96. The van der Waals surface area contributed by atoms with Crippen molar-refractivity contribution >= 4 is 39.0 Å². The van der Waals surface area contributed by atoms with Gasteiger partial charge in [-0.15, -0.1) is 0 Å². The van der Waals surface area contributed by atoms with Crippen molar-refractivity contribution in [3.63, 3.8) is 0 Å². The zero-order chi connectivity index (χ0) is 43.2. The molecule has 3 nitrogen and oxygen atoms in total. The molecule has 0 saturated carbocycles. The maximum atomic E-state index is 14.7. The molecule has 0 N–H and O–H groups in total. The molecule has 0 aromatic rings. The standard InChI is InChI=1S/C28H33F20N2OPS2/c1-5-23(35,36)19(29)15(27(43,44)45)11-17(25(39,40)13-21(3,31)32)49-7-9-52-54(51,53)10-8-50-18(26(41,42)14-22(4,33)34)12-16(28(46,47)48)20(30)24(37,38)6-2/h8,11-12,18-20,52H,5-7,9-10,13-14H2,1-4H3. The van der Waals surface area contributed by atoms with Gasteiger partial charge in [-0.2, -0.15) is 35.1 Å². The van der Waals surface area contributed by atoms with Gasteiger partial charge in [0.05, 0.1) is 37.9 Å². The predicted molar refractivity (Wildman–Crippen MR) is 167 cm³/mol. The normalized spacial score (nSPS) is 18.8. The Hall–Kier alpha value is -1.78. The molecule has 0 amide bonds. The Bertz CT molecular complexity index is 1460. The van der Waals surface area contributed by atoms with E-state index in [1.807, 2.05) is 0 Å². The minimum Gasteiger partial charge on any atom is -0.283 e. The van der Waals surface area contributed by atoms with E-state index in [2.05, 4.69) is 21.2 Å². The fourth-order valence-corrected chi connectivity index (χ4v) is 7.61. The molecule has 0 bridgehead atoms. The van der Waals surface area contributed by atoms with Gasteiger partial charge in [0.15, 0.2) is 12.3 Å². The molecule has 318 valence electrons. The number of nitrogens with zero attached hydrogens (tertiary/aromatic N) is 2. The summed E-state index contributed by atoms with van der Waals surface area (Å²) in [6.45, 7) is -0.339. The first-order valence-corrected chi connectivity index (χ1v) is 19.5. The Balaban J connectivity index is 6.73. The molecule has 0 heterocycles. The molecule has 5 atom stereocenters. The highest BCUT2D eigenvalue weighted by Gasteiger charge is 2.54. The third-order valence-electron chi connectivity index (χ3n) is 6.68. The first-order valence-electron chi connectivity index (χ1n) is 14.9. The van der Waals surface area contributed by atoms with Crippen LogP contribution in [0.5, 0.6) is 0 Å². The smallest absolute Gasteiger partial charge is 0.283 e. The number of hydrogen-bond acceptors (Lipinski definition) is 4. The summed E-state index contributed by atoms with van der Waals surface area (Å²) in [4.78, 5) is 5.85. The van der Waals surface area contributed by atoms with Crippen molar-refractivity contribution < 1.29 is 92.0 Å². The van der Waals surface area contributed by atoms with E-state index in [-0.39, 0.29) is 20.1 Å². The number of rotatable bonds is 21. The Labute approximate surface area is 302 Å². The number of alkyl halides is 20. The SMILES string of the molecule is CCC(F)(F)C(F)C(=CC(=NCCPS(=O)(=S)CC=NC(C=C(C(F)C(F)(F)CC)C(F)(F)F)C(F)(F)CC(C)(F)F)C(F)(F)CC(C)(F)F)C(F)(F)F. The van der Waals surface area contributed by atoms with Crippen LogP contribution in [-0.4, -0.2) is 101 Å². The molecule has 0 radical (unpaired) electrons. The monoisotopic (exact) mass is 888 g/mol. The van der Waals surface area contributed by atoms with Gasteiger partial charge in [0.25, 0.3) is 35.5 Å². The second-order valence-electron chi connectivity index (χ2n) is 11.9. The number of allylic oxidation sites excluding steroid dienone is 3. The first kappa shape index (κ1) is 52.2. The lowest BCUT2D eigenvalue weighted by Crippen LogP contribution is -2.40. The summed E-state index contributed by atoms with van der Waals surface area (Å²) in [5.74, 6) is -29.5. The molecule has 0 fully saturated rings. The topological polar surface area (TPSA) is 41.8 Å². The molecule has 0 spiro atoms. The van der Waals surface area contributed by atoms with E-state index in [1.165, 1.54) is 0 Å². The van der Waals surface area contributed by atoms with Crippen LogP contribution in [-0.2, 0) is 19.3 Å². The summed E-state index contributed by atoms with van der Waals surface area (Å²) in [5, 5.41) is 0. The molecule has 0 saturated heterocycles. The third kappa shape index (κ3) is 17.6. The van der Waals surface area contributed by atoms with Gasteiger partial charge in [-0.05, 0) is 51.1 Å². The number of halogens is 20. The van der Waals surface area contributed by atoms with E-state index in [1.54, 1.807) is 0 Å². The zero-order valence-corrected chi connectivity index (χ0v) is 30.7. The van der Waals surface area contributed by atoms with Crippen molar-refractivity contribution in [3.8, 4) is 0 Å². The first-order chi connectivity index (χ1) is 23.7. The van der Waals surface area contributed by atoms with Gasteiger partial charge in [-0.25, -0.2) is 52.7 Å². The van der Waals surface area contributed by atoms with Crippen LogP contribution in [0.4, 0.5) is 87.8 Å². The molecular formula is C28H33F20N2OPS2. The van der Waals surface area contributed by atoms with Crippen LogP contribution < -0.4 is 0 Å². The van der Waals surface area contributed by atoms with Crippen LogP contribution in [0.2, 0.25) is 0 Å². The molecular weight excluding hydrogens is 855 g/mol. The summed E-state index contributed by atoms with van der Waals surface area (Å²) >= 11 is 4.66. The van der Waals surface area contributed by atoms with Crippen molar-refractivity contribution in [2.45, 2.75) is 120 Å². The van der Waals surface area contributed by atoms with Crippen LogP contribution in [0.15, 0.2) is 33.3 Å². The van der Waals surface area contributed by atoms with Gasteiger partial charge in [-0.3, -0.25) is 14.2 Å². The average molecular weight is 889 g/mol. The minimum absolute atomic E-state index is 0.0736. The molecule has 26 heteroatoms. The van der Waals surface area contributed by atoms with Crippen molar-refractivity contribution in [2.75, 3.05) is 18.5 Å². The average Bonchev–Trinajstić information content (AvgIpc) is 2.93. The summed E-state index contributed by atoms with van der Waals surface area (Å²) in [6, 6.07) is -3.46. The van der Waals surface area contributed by atoms with E-state index >= 15 is 0 Å². The lowest BCUT2D eigenvalue weighted by molar-refractivity contribution is -0.133. The van der Waals surface area contributed by atoms with E-state index in [4.69, 9.17) is 0 Å². The minimum atomic E-state index is -6.08.